The molecule has 3 aromatic rings. The van der Waals surface area contributed by atoms with Gasteiger partial charge in [-0.15, -0.1) is 0 Å². The molecular formula is C22H29N. The molecule has 1 aromatic heterocycles. The Bertz CT molecular complexity index is 722. The highest BCUT2D eigenvalue weighted by atomic mass is 14.7. The lowest BCUT2D eigenvalue weighted by molar-refractivity contribution is 0.642. The number of aromatic amines is 1. The highest BCUT2D eigenvalue weighted by molar-refractivity contribution is 6.07. The number of rotatable bonds is 6. The SMILES string of the molecule is CCC(CC)c1ccc2[nH]c3ccc(C(CC)CC)cc3c2c1. The van der Waals surface area contributed by atoms with Crippen LogP contribution in [-0.4, -0.2) is 4.98 Å². The van der Waals surface area contributed by atoms with Gasteiger partial charge in [0.15, 0.2) is 0 Å². The van der Waals surface area contributed by atoms with Crippen molar-refractivity contribution < 1.29 is 0 Å². The number of fused-ring (bicyclic) bond motifs is 3. The second-order valence-corrected chi connectivity index (χ2v) is 6.76. The van der Waals surface area contributed by atoms with Crippen molar-refractivity contribution in [2.24, 2.45) is 0 Å². The quantitative estimate of drug-likeness (QED) is 0.498. The third-order valence-corrected chi connectivity index (χ3v) is 5.56. The monoisotopic (exact) mass is 307 g/mol. The Morgan fingerprint density at radius 2 is 1.04 bits per heavy atom. The first-order valence-corrected chi connectivity index (χ1v) is 9.26. The van der Waals surface area contributed by atoms with Crippen molar-refractivity contribution >= 4 is 21.8 Å². The lowest BCUT2D eigenvalue weighted by Crippen LogP contribution is -1.95. The average molecular weight is 307 g/mol. The van der Waals surface area contributed by atoms with Crippen LogP contribution in [0.1, 0.15) is 76.3 Å². The maximum absolute atomic E-state index is 3.58. The normalized spacial score (nSPS) is 12.1. The maximum atomic E-state index is 3.58. The molecule has 3 rings (SSSR count). The van der Waals surface area contributed by atoms with E-state index in [0.29, 0.717) is 11.8 Å². The van der Waals surface area contributed by atoms with E-state index < -0.39 is 0 Å². The zero-order valence-corrected chi connectivity index (χ0v) is 14.9. The van der Waals surface area contributed by atoms with Crippen molar-refractivity contribution in [1.82, 2.24) is 4.98 Å². The number of hydrogen-bond acceptors (Lipinski definition) is 0. The molecule has 0 saturated carbocycles. The number of H-pyrrole nitrogens is 1. The Morgan fingerprint density at radius 3 is 1.39 bits per heavy atom. The summed E-state index contributed by atoms with van der Waals surface area (Å²) in [4.78, 5) is 3.58. The molecule has 0 spiro atoms. The van der Waals surface area contributed by atoms with Gasteiger partial charge in [-0.2, -0.15) is 0 Å². The van der Waals surface area contributed by atoms with Gasteiger partial charge in [0.1, 0.15) is 0 Å². The maximum Gasteiger partial charge on any atom is 0.0465 e. The first-order chi connectivity index (χ1) is 11.2. The van der Waals surface area contributed by atoms with Gasteiger partial charge in [0.05, 0.1) is 0 Å². The summed E-state index contributed by atoms with van der Waals surface area (Å²) < 4.78 is 0. The third kappa shape index (κ3) is 2.89. The molecule has 0 atom stereocenters. The van der Waals surface area contributed by atoms with E-state index in [9.17, 15) is 0 Å². The summed E-state index contributed by atoms with van der Waals surface area (Å²) in [6, 6.07) is 14.0. The van der Waals surface area contributed by atoms with Gasteiger partial charge in [-0.25, -0.2) is 0 Å². The standard InChI is InChI=1S/C22H29N/c1-5-15(6-2)17-9-11-21-19(13-17)20-14-18(16(7-3)8-4)10-12-22(20)23-21/h9-16,23H,5-8H2,1-4H3. The van der Waals surface area contributed by atoms with Crippen molar-refractivity contribution in [1.29, 1.82) is 0 Å². The van der Waals surface area contributed by atoms with Crippen molar-refractivity contribution in [2.45, 2.75) is 65.2 Å². The van der Waals surface area contributed by atoms with E-state index in [1.807, 2.05) is 0 Å². The largest absolute Gasteiger partial charge is 0.355 e. The molecule has 0 saturated heterocycles. The van der Waals surface area contributed by atoms with Gasteiger partial charge >= 0.3 is 0 Å². The van der Waals surface area contributed by atoms with E-state index in [2.05, 4.69) is 69.1 Å². The minimum Gasteiger partial charge on any atom is -0.355 e. The summed E-state index contributed by atoms with van der Waals surface area (Å²) in [5.41, 5.74) is 5.49. The van der Waals surface area contributed by atoms with Crippen LogP contribution in [0.4, 0.5) is 0 Å². The van der Waals surface area contributed by atoms with E-state index in [1.165, 1.54) is 58.6 Å². The van der Waals surface area contributed by atoms with Gasteiger partial charge in [-0.05, 0) is 72.9 Å². The summed E-state index contributed by atoms with van der Waals surface area (Å²) >= 11 is 0. The van der Waals surface area contributed by atoms with Gasteiger partial charge in [-0.1, -0.05) is 39.8 Å². The topological polar surface area (TPSA) is 15.8 Å². The highest BCUT2D eigenvalue weighted by Gasteiger charge is 2.13. The van der Waals surface area contributed by atoms with Crippen LogP contribution in [0.3, 0.4) is 0 Å². The van der Waals surface area contributed by atoms with E-state index in [4.69, 9.17) is 0 Å². The summed E-state index contributed by atoms with van der Waals surface area (Å²) in [7, 11) is 0. The highest BCUT2D eigenvalue weighted by Crippen LogP contribution is 2.33. The van der Waals surface area contributed by atoms with Crippen LogP contribution in [0.15, 0.2) is 36.4 Å². The molecule has 2 aromatic carbocycles. The fourth-order valence-corrected chi connectivity index (χ4v) is 3.96. The smallest absolute Gasteiger partial charge is 0.0465 e. The lowest BCUT2D eigenvalue weighted by Gasteiger charge is -2.13. The molecule has 0 bridgehead atoms. The number of aromatic nitrogens is 1. The lowest BCUT2D eigenvalue weighted by atomic mass is 9.91. The van der Waals surface area contributed by atoms with Crippen molar-refractivity contribution in [2.75, 3.05) is 0 Å². The molecule has 0 aliphatic carbocycles. The van der Waals surface area contributed by atoms with Gasteiger partial charge in [-0.3, -0.25) is 0 Å². The second kappa shape index (κ2) is 6.78. The molecule has 0 unspecified atom stereocenters. The van der Waals surface area contributed by atoms with E-state index in [-0.39, 0.29) is 0 Å². The van der Waals surface area contributed by atoms with Crippen LogP contribution in [0, 0.1) is 0 Å². The number of hydrogen-bond donors (Lipinski definition) is 1. The predicted octanol–water partition coefficient (Wildman–Crippen LogP) is 7.13. The minimum atomic E-state index is 0.673. The van der Waals surface area contributed by atoms with Crippen LogP contribution in [0.25, 0.3) is 21.8 Å². The second-order valence-electron chi connectivity index (χ2n) is 6.76. The molecule has 1 heteroatoms. The Hall–Kier alpha value is -1.76. The molecule has 1 heterocycles. The molecule has 0 aliphatic rings. The minimum absolute atomic E-state index is 0.673. The fourth-order valence-electron chi connectivity index (χ4n) is 3.96. The Labute approximate surface area is 140 Å². The molecule has 0 radical (unpaired) electrons. The van der Waals surface area contributed by atoms with Gasteiger partial charge in [0.2, 0.25) is 0 Å². The van der Waals surface area contributed by atoms with E-state index >= 15 is 0 Å². The van der Waals surface area contributed by atoms with Crippen LogP contribution in [-0.2, 0) is 0 Å². The van der Waals surface area contributed by atoms with Crippen LogP contribution < -0.4 is 0 Å². The molecule has 0 aliphatic heterocycles. The van der Waals surface area contributed by atoms with Crippen molar-refractivity contribution in [3.8, 4) is 0 Å². The molecule has 122 valence electrons. The molecular weight excluding hydrogens is 278 g/mol. The zero-order chi connectivity index (χ0) is 16.4. The van der Waals surface area contributed by atoms with Crippen molar-refractivity contribution in [3.63, 3.8) is 0 Å². The fraction of sp³-hybridized carbons (Fsp3) is 0.455. The molecule has 0 amide bonds. The van der Waals surface area contributed by atoms with Gasteiger partial charge in [0.25, 0.3) is 0 Å². The summed E-state index contributed by atoms with van der Waals surface area (Å²) in [5.74, 6) is 1.35. The first-order valence-electron chi connectivity index (χ1n) is 9.26. The third-order valence-electron chi connectivity index (χ3n) is 5.56. The van der Waals surface area contributed by atoms with Crippen LogP contribution in [0.2, 0.25) is 0 Å². The number of nitrogens with one attached hydrogen (secondary N) is 1. The first kappa shape index (κ1) is 16.1. The van der Waals surface area contributed by atoms with Gasteiger partial charge in [0, 0.05) is 21.8 Å². The van der Waals surface area contributed by atoms with E-state index in [1.54, 1.807) is 0 Å². The summed E-state index contributed by atoms with van der Waals surface area (Å²) in [5, 5.41) is 2.77. The van der Waals surface area contributed by atoms with Gasteiger partial charge < -0.3 is 4.98 Å². The summed E-state index contributed by atoms with van der Waals surface area (Å²) in [6.45, 7) is 9.16. The average Bonchev–Trinajstić information content (AvgIpc) is 2.95. The molecule has 1 N–H and O–H groups in total. The molecule has 0 fully saturated rings. The van der Waals surface area contributed by atoms with Crippen molar-refractivity contribution in [3.05, 3.63) is 47.5 Å². The molecule has 1 nitrogen and oxygen atoms in total. The summed E-state index contributed by atoms with van der Waals surface area (Å²) in [6.07, 6.45) is 4.85. The molecule has 23 heavy (non-hydrogen) atoms. The van der Waals surface area contributed by atoms with E-state index in [0.717, 1.165) is 0 Å². The van der Waals surface area contributed by atoms with Crippen LogP contribution in [0.5, 0.6) is 0 Å². The number of benzene rings is 2. The zero-order valence-electron chi connectivity index (χ0n) is 14.9. The Morgan fingerprint density at radius 1 is 0.652 bits per heavy atom. The van der Waals surface area contributed by atoms with Crippen LogP contribution >= 0.6 is 0 Å². The Kier molecular flexibility index (Phi) is 4.75. The Balaban J connectivity index is 2.16. The predicted molar refractivity (Wildman–Crippen MR) is 102 cm³/mol.